The van der Waals surface area contributed by atoms with Crippen molar-refractivity contribution in [3.63, 3.8) is 0 Å². The smallest absolute Gasteiger partial charge is 0.416 e. The number of carbonyl (C=O) groups is 2. The highest BCUT2D eigenvalue weighted by atomic mass is 19.4. The number of amides is 2. The Bertz CT molecular complexity index is 647. The summed E-state index contributed by atoms with van der Waals surface area (Å²) < 4.78 is 43.7. The molecule has 2 rings (SSSR count). The predicted octanol–water partition coefficient (Wildman–Crippen LogP) is 3.65. The first-order chi connectivity index (χ1) is 12.2. The molecule has 1 aromatic rings. The van der Waals surface area contributed by atoms with Crippen molar-refractivity contribution in [2.75, 3.05) is 32.8 Å². The van der Waals surface area contributed by atoms with Gasteiger partial charge in [-0.3, -0.25) is 4.79 Å². The number of ether oxygens (including phenoxy) is 1. The third-order valence-corrected chi connectivity index (χ3v) is 4.02. The van der Waals surface area contributed by atoms with Crippen molar-refractivity contribution in [2.24, 2.45) is 5.92 Å². The van der Waals surface area contributed by atoms with Gasteiger partial charge in [0, 0.05) is 31.7 Å². The summed E-state index contributed by atoms with van der Waals surface area (Å²) in [5, 5.41) is 0. The maximum Gasteiger partial charge on any atom is 0.416 e. The Hall–Kier alpha value is -2.25. The van der Waals surface area contributed by atoms with Crippen molar-refractivity contribution < 1.29 is 27.5 Å². The highest BCUT2D eigenvalue weighted by Gasteiger charge is 2.31. The molecule has 26 heavy (non-hydrogen) atoms. The molecule has 0 N–H and O–H groups in total. The third kappa shape index (κ3) is 5.37. The van der Waals surface area contributed by atoms with Crippen LogP contribution in [0.3, 0.4) is 0 Å². The standard InChI is InChI=1S/C18H23F3N2O3/c1-13(2)12-26-17(25)23-8-4-7-22(9-10-23)16(24)14-5-3-6-15(11-14)18(19,20)21/h3,5-6,11,13H,4,7-10,12H2,1-2H3. The molecule has 0 saturated carbocycles. The largest absolute Gasteiger partial charge is 0.449 e. The van der Waals surface area contributed by atoms with Crippen molar-refractivity contribution in [1.29, 1.82) is 0 Å². The number of rotatable bonds is 3. The second-order valence-corrected chi connectivity index (χ2v) is 6.68. The normalized spacial score (nSPS) is 15.8. The average molecular weight is 372 g/mol. The number of carbonyl (C=O) groups excluding carboxylic acids is 2. The first-order valence-corrected chi connectivity index (χ1v) is 8.56. The van der Waals surface area contributed by atoms with Crippen LogP contribution >= 0.6 is 0 Å². The van der Waals surface area contributed by atoms with Crippen LogP contribution in [0.25, 0.3) is 0 Å². The Morgan fingerprint density at radius 1 is 1.12 bits per heavy atom. The first-order valence-electron chi connectivity index (χ1n) is 8.56. The topological polar surface area (TPSA) is 49.9 Å². The summed E-state index contributed by atoms with van der Waals surface area (Å²) in [4.78, 5) is 27.6. The molecule has 0 atom stereocenters. The second-order valence-electron chi connectivity index (χ2n) is 6.68. The molecular formula is C18H23F3N2O3. The van der Waals surface area contributed by atoms with Crippen LogP contribution in [0.1, 0.15) is 36.2 Å². The molecule has 1 heterocycles. The zero-order valence-corrected chi connectivity index (χ0v) is 14.9. The van der Waals surface area contributed by atoms with Gasteiger partial charge in [0.1, 0.15) is 0 Å². The Kier molecular flexibility index (Phi) is 6.50. The average Bonchev–Trinajstić information content (AvgIpc) is 2.84. The van der Waals surface area contributed by atoms with Gasteiger partial charge in [0.05, 0.1) is 12.2 Å². The van der Waals surface area contributed by atoms with Crippen molar-refractivity contribution >= 4 is 12.0 Å². The summed E-state index contributed by atoms with van der Waals surface area (Å²) in [5.41, 5.74) is -0.854. The number of hydrogen-bond acceptors (Lipinski definition) is 3. The van der Waals surface area contributed by atoms with E-state index >= 15 is 0 Å². The van der Waals surface area contributed by atoms with Crippen LogP contribution in [0.2, 0.25) is 0 Å². The number of hydrogen-bond donors (Lipinski definition) is 0. The SMILES string of the molecule is CC(C)COC(=O)N1CCCN(C(=O)c2cccc(C(F)(F)F)c2)CC1. The van der Waals surface area contributed by atoms with Gasteiger partial charge in [-0.2, -0.15) is 13.2 Å². The Balaban J connectivity index is 2.00. The molecule has 0 spiro atoms. The fourth-order valence-electron chi connectivity index (χ4n) is 2.64. The molecule has 0 aromatic heterocycles. The Morgan fingerprint density at radius 3 is 2.42 bits per heavy atom. The summed E-state index contributed by atoms with van der Waals surface area (Å²) in [5.74, 6) is -0.238. The Labute approximate surface area is 150 Å². The van der Waals surface area contributed by atoms with Crippen LogP contribution < -0.4 is 0 Å². The molecule has 1 aliphatic rings. The number of halogens is 3. The number of nitrogens with zero attached hydrogens (tertiary/aromatic N) is 2. The highest BCUT2D eigenvalue weighted by molar-refractivity contribution is 5.94. The van der Waals surface area contributed by atoms with Crippen molar-refractivity contribution in [1.82, 2.24) is 9.80 Å². The van der Waals surface area contributed by atoms with Crippen molar-refractivity contribution in [2.45, 2.75) is 26.4 Å². The van der Waals surface area contributed by atoms with E-state index in [1.165, 1.54) is 21.9 Å². The molecule has 0 radical (unpaired) electrons. The van der Waals surface area contributed by atoms with Crippen LogP contribution in [0.4, 0.5) is 18.0 Å². The van der Waals surface area contributed by atoms with Gasteiger partial charge in [-0.05, 0) is 30.5 Å². The minimum Gasteiger partial charge on any atom is -0.449 e. The lowest BCUT2D eigenvalue weighted by Gasteiger charge is -2.22. The van der Waals surface area contributed by atoms with Gasteiger partial charge >= 0.3 is 12.3 Å². The summed E-state index contributed by atoms with van der Waals surface area (Å²) >= 11 is 0. The molecule has 1 fully saturated rings. The summed E-state index contributed by atoms with van der Waals surface area (Å²) in [6.07, 6.45) is -4.37. The van der Waals surface area contributed by atoms with Gasteiger partial charge in [0.25, 0.3) is 5.91 Å². The molecule has 2 amide bonds. The molecule has 5 nitrogen and oxygen atoms in total. The van der Waals surface area contributed by atoms with Crippen LogP contribution in [-0.2, 0) is 10.9 Å². The zero-order chi connectivity index (χ0) is 19.3. The van der Waals surface area contributed by atoms with E-state index in [9.17, 15) is 22.8 Å². The zero-order valence-electron chi connectivity index (χ0n) is 14.9. The van der Waals surface area contributed by atoms with Crippen molar-refractivity contribution in [3.05, 3.63) is 35.4 Å². The summed E-state index contributed by atoms with van der Waals surface area (Å²) in [7, 11) is 0. The molecule has 1 aromatic carbocycles. The fraction of sp³-hybridized carbons (Fsp3) is 0.556. The van der Waals surface area contributed by atoms with Crippen LogP contribution in [0.15, 0.2) is 24.3 Å². The third-order valence-electron chi connectivity index (χ3n) is 4.02. The summed E-state index contributed by atoms with van der Waals surface area (Å²) in [6.45, 7) is 5.57. The molecule has 8 heteroatoms. The molecule has 144 valence electrons. The van der Waals surface area contributed by atoms with E-state index in [1.807, 2.05) is 13.8 Å². The molecular weight excluding hydrogens is 349 g/mol. The maximum absolute atomic E-state index is 12.8. The molecule has 1 saturated heterocycles. The van der Waals surface area contributed by atoms with E-state index in [0.717, 1.165) is 12.1 Å². The van der Waals surface area contributed by atoms with Gasteiger partial charge in [-0.25, -0.2) is 4.79 Å². The predicted molar refractivity (Wildman–Crippen MR) is 89.7 cm³/mol. The van der Waals surface area contributed by atoms with Crippen LogP contribution in [0, 0.1) is 5.92 Å². The lowest BCUT2D eigenvalue weighted by Crippen LogP contribution is -2.38. The van der Waals surface area contributed by atoms with Gasteiger partial charge in [-0.15, -0.1) is 0 Å². The lowest BCUT2D eigenvalue weighted by atomic mass is 10.1. The van der Waals surface area contributed by atoms with Gasteiger partial charge in [0.2, 0.25) is 0 Å². The minimum absolute atomic E-state index is 0.00402. The van der Waals surface area contributed by atoms with E-state index in [4.69, 9.17) is 4.74 Å². The number of alkyl halides is 3. The molecule has 1 aliphatic heterocycles. The highest BCUT2D eigenvalue weighted by Crippen LogP contribution is 2.29. The van der Waals surface area contributed by atoms with E-state index in [-0.39, 0.29) is 18.0 Å². The second kappa shape index (κ2) is 8.42. The van der Waals surface area contributed by atoms with E-state index in [2.05, 4.69) is 0 Å². The fourth-order valence-corrected chi connectivity index (χ4v) is 2.64. The molecule has 0 aliphatic carbocycles. The summed E-state index contributed by atoms with van der Waals surface area (Å²) in [6, 6.07) is 4.40. The van der Waals surface area contributed by atoms with Gasteiger partial charge in [-0.1, -0.05) is 19.9 Å². The van der Waals surface area contributed by atoms with E-state index in [1.54, 1.807) is 0 Å². The molecule has 0 bridgehead atoms. The lowest BCUT2D eigenvalue weighted by molar-refractivity contribution is -0.137. The van der Waals surface area contributed by atoms with Crippen LogP contribution in [0.5, 0.6) is 0 Å². The van der Waals surface area contributed by atoms with Gasteiger partial charge < -0.3 is 14.5 Å². The monoisotopic (exact) mass is 372 g/mol. The van der Waals surface area contributed by atoms with Gasteiger partial charge in [0.15, 0.2) is 0 Å². The van der Waals surface area contributed by atoms with Crippen molar-refractivity contribution in [3.8, 4) is 0 Å². The molecule has 0 unspecified atom stereocenters. The Morgan fingerprint density at radius 2 is 1.77 bits per heavy atom. The maximum atomic E-state index is 12.8. The first kappa shape index (κ1) is 20.1. The minimum atomic E-state index is -4.49. The number of benzene rings is 1. The van der Waals surface area contributed by atoms with Crippen LogP contribution in [-0.4, -0.2) is 54.6 Å². The quantitative estimate of drug-likeness (QED) is 0.814. The van der Waals surface area contributed by atoms with E-state index < -0.39 is 23.7 Å². The van der Waals surface area contributed by atoms with E-state index in [0.29, 0.717) is 32.7 Å².